The highest BCUT2D eigenvalue weighted by Crippen LogP contribution is 2.32. The van der Waals surface area contributed by atoms with Crippen LogP contribution in [0.3, 0.4) is 0 Å². The van der Waals surface area contributed by atoms with Crippen molar-refractivity contribution in [2.45, 2.75) is 37.9 Å². The number of methoxy groups -OCH3 is 1. The van der Waals surface area contributed by atoms with Gasteiger partial charge < -0.3 is 4.74 Å². The molecule has 0 aromatic heterocycles. The molecule has 18 heavy (non-hydrogen) atoms. The maximum absolute atomic E-state index is 12.4. The summed E-state index contributed by atoms with van der Waals surface area (Å²) >= 11 is 0. The summed E-state index contributed by atoms with van der Waals surface area (Å²) in [6.07, 6.45) is 3.51. The van der Waals surface area contributed by atoms with Crippen molar-refractivity contribution in [1.82, 2.24) is 4.31 Å². The lowest BCUT2D eigenvalue weighted by Crippen LogP contribution is -2.36. The van der Waals surface area contributed by atoms with Crippen LogP contribution in [0.4, 0.5) is 0 Å². The first-order chi connectivity index (χ1) is 8.46. The first kappa shape index (κ1) is 13.8. The molecule has 104 valence electrons. The third-order valence-corrected chi connectivity index (χ3v) is 6.50. The summed E-state index contributed by atoms with van der Waals surface area (Å²) in [6, 6.07) is 0. The predicted octanol–water partition coefficient (Wildman–Crippen LogP) is 1.000. The zero-order valence-electron chi connectivity index (χ0n) is 11.0. The number of hydrogen-bond acceptors (Lipinski definition) is 4. The van der Waals surface area contributed by atoms with Gasteiger partial charge in [0.2, 0.25) is 10.0 Å². The van der Waals surface area contributed by atoms with Crippen LogP contribution in [0.5, 0.6) is 0 Å². The molecule has 0 amide bonds. The van der Waals surface area contributed by atoms with E-state index in [4.69, 9.17) is 4.74 Å². The van der Waals surface area contributed by atoms with Gasteiger partial charge in [0.25, 0.3) is 0 Å². The summed E-state index contributed by atoms with van der Waals surface area (Å²) in [5, 5.41) is -0.235. The minimum absolute atomic E-state index is 0.0358. The lowest BCUT2D eigenvalue weighted by atomic mass is 9.99. The fourth-order valence-electron chi connectivity index (χ4n) is 2.99. The largest absolute Gasteiger partial charge is 0.469 e. The molecule has 0 aromatic rings. The second kappa shape index (κ2) is 5.17. The van der Waals surface area contributed by atoms with Crippen molar-refractivity contribution in [1.29, 1.82) is 0 Å². The Bertz CT molecular complexity index is 414. The van der Waals surface area contributed by atoms with E-state index >= 15 is 0 Å². The number of carbonyl (C=O) groups is 1. The van der Waals surface area contributed by atoms with Crippen molar-refractivity contribution < 1.29 is 17.9 Å². The first-order valence-electron chi connectivity index (χ1n) is 6.53. The fraction of sp³-hybridized carbons (Fsp3) is 0.917. The highest BCUT2D eigenvalue weighted by atomic mass is 32.2. The van der Waals surface area contributed by atoms with E-state index in [0.29, 0.717) is 6.54 Å². The number of carbonyl (C=O) groups excluding carboxylic acids is 1. The topological polar surface area (TPSA) is 63.7 Å². The molecule has 1 aliphatic carbocycles. The van der Waals surface area contributed by atoms with Crippen molar-refractivity contribution in [2.24, 2.45) is 11.8 Å². The smallest absolute Gasteiger partial charge is 0.310 e. The van der Waals surface area contributed by atoms with Gasteiger partial charge >= 0.3 is 5.97 Å². The van der Waals surface area contributed by atoms with Gasteiger partial charge in [-0.2, -0.15) is 0 Å². The Balaban J connectivity index is 2.09. The Kier molecular flexibility index (Phi) is 3.96. The molecule has 5 nitrogen and oxygen atoms in total. The number of hydrogen-bond donors (Lipinski definition) is 0. The summed E-state index contributed by atoms with van der Waals surface area (Å²) in [5.74, 6) is -0.577. The molecule has 2 aliphatic rings. The maximum Gasteiger partial charge on any atom is 0.310 e. The molecule has 2 fully saturated rings. The molecule has 0 spiro atoms. The Morgan fingerprint density at radius 1 is 1.22 bits per heavy atom. The van der Waals surface area contributed by atoms with Crippen molar-refractivity contribution in [3.05, 3.63) is 0 Å². The van der Waals surface area contributed by atoms with Crippen molar-refractivity contribution in [3.63, 3.8) is 0 Å². The van der Waals surface area contributed by atoms with E-state index in [2.05, 4.69) is 0 Å². The lowest BCUT2D eigenvalue weighted by Gasteiger charge is -2.20. The van der Waals surface area contributed by atoms with Crippen LogP contribution >= 0.6 is 0 Å². The molecule has 0 N–H and O–H groups in total. The third kappa shape index (κ3) is 2.40. The van der Waals surface area contributed by atoms with E-state index in [1.54, 1.807) is 0 Å². The van der Waals surface area contributed by atoms with Gasteiger partial charge in [0.1, 0.15) is 0 Å². The van der Waals surface area contributed by atoms with E-state index < -0.39 is 10.0 Å². The Morgan fingerprint density at radius 3 is 2.39 bits per heavy atom. The number of esters is 1. The zero-order valence-corrected chi connectivity index (χ0v) is 11.8. The van der Waals surface area contributed by atoms with Gasteiger partial charge in [0, 0.05) is 13.1 Å². The van der Waals surface area contributed by atoms with Crippen LogP contribution in [0.25, 0.3) is 0 Å². The van der Waals surface area contributed by atoms with Crippen LogP contribution in [0.15, 0.2) is 0 Å². The summed E-state index contributed by atoms with van der Waals surface area (Å²) in [4.78, 5) is 11.6. The van der Waals surface area contributed by atoms with Crippen molar-refractivity contribution in [3.8, 4) is 0 Å². The third-order valence-electron chi connectivity index (χ3n) is 4.17. The molecule has 2 atom stereocenters. The number of ether oxygens (including phenoxy) is 1. The summed E-state index contributed by atoms with van der Waals surface area (Å²) in [5.41, 5.74) is 0. The van der Waals surface area contributed by atoms with E-state index in [9.17, 15) is 13.2 Å². The van der Waals surface area contributed by atoms with Crippen LogP contribution in [-0.2, 0) is 19.6 Å². The molecular weight excluding hydrogens is 254 g/mol. The van der Waals surface area contributed by atoms with Gasteiger partial charge in [0.15, 0.2) is 0 Å². The minimum atomic E-state index is -3.22. The fourth-order valence-corrected chi connectivity index (χ4v) is 5.15. The van der Waals surface area contributed by atoms with Crippen LogP contribution in [0.2, 0.25) is 0 Å². The first-order valence-corrected chi connectivity index (χ1v) is 8.04. The van der Waals surface area contributed by atoms with Crippen LogP contribution < -0.4 is 0 Å². The molecule has 0 aromatic carbocycles. The second-order valence-corrected chi connectivity index (χ2v) is 7.59. The average Bonchev–Trinajstić information content (AvgIpc) is 2.97. The molecule has 2 unspecified atom stereocenters. The van der Waals surface area contributed by atoms with Crippen LogP contribution in [0.1, 0.15) is 32.6 Å². The van der Waals surface area contributed by atoms with Crippen molar-refractivity contribution >= 4 is 16.0 Å². The van der Waals surface area contributed by atoms with Gasteiger partial charge in [-0.05, 0) is 18.8 Å². The number of nitrogens with zero attached hydrogens (tertiary/aromatic N) is 1. The normalized spacial score (nSPS) is 30.8. The van der Waals surface area contributed by atoms with E-state index in [0.717, 1.165) is 25.7 Å². The Morgan fingerprint density at radius 2 is 1.83 bits per heavy atom. The van der Waals surface area contributed by atoms with E-state index in [1.807, 2.05) is 6.92 Å². The quantitative estimate of drug-likeness (QED) is 0.721. The predicted molar refractivity (Wildman–Crippen MR) is 67.4 cm³/mol. The molecular formula is C12H21NO4S. The lowest BCUT2D eigenvalue weighted by molar-refractivity contribution is -0.145. The van der Waals surface area contributed by atoms with Crippen molar-refractivity contribution in [2.75, 3.05) is 20.2 Å². The van der Waals surface area contributed by atoms with Gasteiger partial charge in [-0.25, -0.2) is 12.7 Å². The molecule has 6 heteroatoms. The van der Waals surface area contributed by atoms with E-state index in [1.165, 1.54) is 11.4 Å². The van der Waals surface area contributed by atoms with Gasteiger partial charge in [-0.1, -0.05) is 19.8 Å². The highest BCUT2D eigenvalue weighted by Gasteiger charge is 2.43. The maximum atomic E-state index is 12.4. The summed E-state index contributed by atoms with van der Waals surface area (Å²) < 4.78 is 31.0. The monoisotopic (exact) mass is 275 g/mol. The zero-order chi connectivity index (χ0) is 13.3. The molecule has 0 radical (unpaired) electrons. The van der Waals surface area contributed by atoms with E-state index in [-0.39, 0.29) is 29.6 Å². The SMILES string of the molecule is COC(=O)C1CN(S(=O)(=O)C2CCCC2)CC1C. The molecule has 1 saturated carbocycles. The molecule has 1 aliphatic heterocycles. The standard InChI is InChI=1S/C12H21NO4S/c1-9-7-13(8-11(9)12(14)17-2)18(15,16)10-5-3-4-6-10/h9-11H,3-8H2,1-2H3. The Labute approximate surface area is 109 Å². The molecule has 1 heterocycles. The van der Waals surface area contributed by atoms with Gasteiger partial charge in [-0.3, -0.25) is 4.79 Å². The Hall–Kier alpha value is -0.620. The highest BCUT2D eigenvalue weighted by molar-refractivity contribution is 7.89. The number of sulfonamides is 1. The number of rotatable bonds is 3. The molecule has 1 saturated heterocycles. The van der Waals surface area contributed by atoms with Crippen LogP contribution in [0, 0.1) is 11.8 Å². The minimum Gasteiger partial charge on any atom is -0.469 e. The van der Waals surface area contributed by atoms with Gasteiger partial charge in [-0.15, -0.1) is 0 Å². The molecule has 0 bridgehead atoms. The average molecular weight is 275 g/mol. The molecule has 2 rings (SSSR count). The van der Waals surface area contributed by atoms with Gasteiger partial charge in [0.05, 0.1) is 18.3 Å². The summed E-state index contributed by atoms with van der Waals surface area (Å²) in [7, 11) is -1.87. The van der Waals surface area contributed by atoms with Crippen LogP contribution in [-0.4, -0.2) is 44.1 Å². The second-order valence-electron chi connectivity index (χ2n) is 5.38. The summed E-state index contributed by atoms with van der Waals surface area (Å²) in [6.45, 7) is 2.64.